The van der Waals surface area contributed by atoms with Crippen molar-refractivity contribution in [3.63, 3.8) is 0 Å². The quantitative estimate of drug-likeness (QED) is 0.669. The number of hydrogen-bond donors (Lipinski definition) is 1. The summed E-state index contributed by atoms with van der Waals surface area (Å²) in [5.41, 5.74) is 13.5. The third-order valence-corrected chi connectivity index (χ3v) is 6.00. The Morgan fingerprint density at radius 2 is 1.66 bits per heavy atom. The fraction of sp³-hybridized carbons (Fsp3) is 0.360. The van der Waals surface area contributed by atoms with Crippen molar-refractivity contribution in [1.82, 2.24) is 9.13 Å². The summed E-state index contributed by atoms with van der Waals surface area (Å²) >= 11 is 0. The molecule has 0 bridgehead atoms. The molecule has 0 unspecified atom stereocenters. The zero-order chi connectivity index (χ0) is 23.0. The number of benzene rings is 2. The summed E-state index contributed by atoms with van der Waals surface area (Å²) in [6.45, 7) is 7.51. The van der Waals surface area contributed by atoms with E-state index in [9.17, 15) is 4.79 Å². The maximum atomic E-state index is 13.5. The minimum atomic E-state index is -0.102. The van der Waals surface area contributed by atoms with Gasteiger partial charge >= 0.3 is 5.69 Å². The normalized spacial score (nSPS) is 13.0. The van der Waals surface area contributed by atoms with Gasteiger partial charge in [0.25, 0.3) is 0 Å². The molecule has 2 N–H and O–H groups in total. The lowest BCUT2D eigenvalue weighted by molar-refractivity contribution is 0.354. The lowest BCUT2D eigenvalue weighted by Gasteiger charge is -2.24. The molecule has 1 aliphatic heterocycles. The molecule has 3 aromatic rings. The zero-order valence-electron chi connectivity index (χ0n) is 19.4. The van der Waals surface area contributed by atoms with E-state index in [1.807, 2.05) is 32.0 Å². The van der Waals surface area contributed by atoms with Gasteiger partial charge < -0.3 is 15.2 Å². The first-order valence-electron chi connectivity index (χ1n) is 10.8. The first kappa shape index (κ1) is 21.9. The molecule has 2 heterocycles. The van der Waals surface area contributed by atoms with Crippen LogP contribution >= 0.6 is 0 Å². The molecular weight excluding hydrogens is 404 g/mol. The molecule has 4 rings (SSSR count). The number of rotatable bonds is 5. The second-order valence-electron chi connectivity index (χ2n) is 8.24. The highest BCUT2D eigenvalue weighted by atomic mass is 16.5. The number of hydrogen-bond acceptors (Lipinski definition) is 5. The van der Waals surface area contributed by atoms with Crippen molar-refractivity contribution >= 4 is 5.69 Å². The molecule has 0 saturated carbocycles. The molecule has 0 radical (unpaired) electrons. The third-order valence-electron chi connectivity index (χ3n) is 6.00. The molecule has 1 aromatic heterocycles. The molecule has 1 aliphatic rings. The van der Waals surface area contributed by atoms with Gasteiger partial charge in [-0.2, -0.15) is 0 Å². The second kappa shape index (κ2) is 8.67. The zero-order valence-corrected chi connectivity index (χ0v) is 19.4. The van der Waals surface area contributed by atoms with Crippen LogP contribution in [0.5, 0.6) is 11.5 Å². The van der Waals surface area contributed by atoms with Gasteiger partial charge in [-0.3, -0.25) is 9.13 Å². The summed E-state index contributed by atoms with van der Waals surface area (Å²) in [6.07, 6.45) is 0.734. The third kappa shape index (κ3) is 3.73. The molecule has 32 heavy (non-hydrogen) atoms. The van der Waals surface area contributed by atoms with Crippen LogP contribution in [0.4, 0.5) is 5.69 Å². The predicted molar refractivity (Wildman–Crippen MR) is 126 cm³/mol. The lowest BCUT2D eigenvalue weighted by Crippen LogP contribution is -2.43. The van der Waals surface area contributed by atoms with Gasteiger partial charge in [0.1, 0.15) is 5.49 Å². The highest BCUT2D eigenvalue weighted by molar-refractivity contribution is 5.70. The maximum absolute atomic E-state index is 13.5. The van der Waals surface area contributed by atoms with E-state index < -0.39 is 0 Å². The van der Waals surface area contributed by atoms with Crippen molar-refractivity contribution in [3.05, 3.63) is 68.6 Å². The van der Waals surface area contributed by atoms with Crippen LogP contribution in [-0.2, 0) is 19.5 Å². The average Bonchev–Trinajstić information content (AvgIpc) is 2.77. The first-order valence-corrected chi connectivity index (χ1v) is 10.8. The molecular formula is C25H30N4O3. The van der Waals surface area contributed by atoms with Gasteiger partial charge in [-0.15, -0.1) is 0 Å². The van der Waals surface area contributed by atoms with Gasteiger partial charge in [0, 0.05) is 31.3 Å². The molecule has 168 valence electrons. The number of aromatic nitrogens is 2. The van der Waals surface area contributed by atoms with Crippen LogP contribution in [0.2, 0.25) is 0 Å². The average molecular weight is 435 g/mol. The van der Waals surface area contributed by atoms with Crippen molar-refractivity contribution < 1.29 is 9.47 Å². The number of nitrogens with two attached hydrogens (primary N) is 1. The number of methoxy groups -OCH3 is 2. The molecule has 0 spiro atoms. The van der Waals surface area contributed by atoms with Gasteiger partial charge in [0.05, 0.1) is 25.6 Å². The van der Waals surface area contributed by atoms with Crippen LogP contribution in [0, 0.1) is 20.8 Å². The summed E-state index contributed by atoms with van der Waals surface area (Å²) in [4.78, 5) is 18.4. The fourth-order valence-corrected chi connectivity index (χ4v) is 4.56. The highest BCUT2D eigenvalue weighted by Crippen LogP contribution is 2.37. The molecule has 7 heteroatoms. The first-order chi connectivity index (χ1) is 15.4. The van der Waals surface area contributed by atoms with Gasteiger partial charge in [-0.05, 0) is 56.0 Å². The van der Waals surface area contributed by atoms with E-state index in [0.29, 0.717) is 36.6 Å². The minimum absolute atomic E-state index is 0.102. The molecule has 0 fully saturated rings. The SMILES string of the molecule is COc1cc2c(cc1OC)-c1c/c(=N/c3c(C)cc(C)cc3C)n(CCN)c(=O)n1CC2. The summed E-state index contributed by atoms with van der Waals surface area (Å²) in [6, 6.07) is 10.1. The Morgan fingerprint density at radius 1 is 1.00 bits per heavy atom. The van der Waals surface area contributed by atoms with Crippen LogP contribution < -0.4 is 26.4 Å². The Kier molecular flexibility index (Phi) is 5.93. The summed E-state index contributed by atoms with van der Waals surface area (Å²) in [5.74, 6) is 1.32. The Hall–Kier alpha value is -3.32. The Morgan fingerprint density at radius 3 is 2.28 bits per heavy atom. The topological polar surface area (TPSA) is 83.8 Å². The van der Waals surface area contributed by atoms with Crippen LogP contribution in [-0.4, -0.2) is 29.9 Å². The number of fused-ring (bicyclic) bond motifs is 3. The molecule has 2 aromatic carbocycles. The molecule has 7 nitrogen and oxygen atoms in total. The standard InChI is InChI=1S/C25H30N4O3/c1-15-10-16(2)24(17(3)11-15)27-23-14-20-19-13-22(32-5)21(31-4)12-18(19)6-8-28(20)25(30)29(23)9-7-26/h10-14H,6-9,26H2,1-5H3/b27-23-. The summed E-state index contributed by atoms with van der Waals surface area (Å²) in [5, 5.41) is 0. The smallest absolute Gasteiger partial charge is 0.330 e. The van der Waals surface area contributed by atoms with Crippen molar-refractivity contribution in [2.45, 2.75) is 40.3 Å². The Labute approximate surface area is 187 Å². The Balaban J connectivity index is 2.03. The van der Waals surface area contributed by atoms with Crippen molar-refractivity contribution in [2.24, 2.45) is 10.7 Å². The van der Waals surface area contributed by atoms with E-state index in [1.165, 1.54) is 5.56 Å². The summed E-state index contributed by atoms with van der Waals surface area (Å²) in [7, 11) is 3.24. The van der Waals surface area contributed by atoms with Gasteiger partial charge in [0.15, 0.2) is 11.5 Å². The molecule has 0 amide bonds. The summed E-state index contributed by atoms with van der Waals surface area (Å²) < 4.78 is 14.5. The fourth-order valence-electron chi connectivity index (χ4n) is 4.56. The van der Waals surface area contributed by atoms with E-state index in [0.717, 1.165) is 40.1 Å². The van der Waals surface area contributed by atoms with Crippen LogP contribution in [0.15, 0.2) is 40.1 Å². The predicted octanol–water partition coefficient (Wildman–Crippen LogP) is 3.01. The largest absolute Gasteiger partial charge is 0.493 e. The highest BCUT2D eigenvalue weighted by Gasteiger charge is 2.22. The number of aryl methyl sites for hydroxylation is 4. The number of nitrogens with zero attached hydrogens (tertiary/aromatic N) is 3. The van der Waals surface area contributed by atoms with E-state index >= 15 is 0 Å². The van der Waals surface area contributed by atoms with Crippen molar-refractivity contribution in [3.8, 4) is 22.8 Å². The second-order valence-corrected chi connectivity index (χ2v) is 8.24. The van der Waals surface area contributed by atoms with E-state index in [-0.39, 0.29) is 5.69 Å². The minimum Gasteiger partial charge on any atom is -0.493 e. The van der Waals surface area contributed by atoms with Crippen molar-refractivity contribution in [2.75, 3.05) is 20.8 Å². The molecule has 0 saturated heterocycles. The molecule has 0 atom stereocenters. The molecule has 0 aliphatic carbocycles. The van der Waals surface area contributed by atoms with E-state index in [2.05, 4.69) is 19.1 Å². The number of ether oxygens (including phenoxy) is 2. The monoisotopic (exact) mass is 434 g/mol. The van der Waals surface area contributed by atoms with Gasteiger partial charge in [0.2, 0.25) is 0 Å². The van der Waals surface area contributed by atoms with Crippen LogP contribution in [0.1, 0.15) is 22.3 Å². The lowest BCUT2D eigenvalue weighted by atomic mass is 9.97. The van der Waals surface area contributed by atoms with Gasteiger partial charge in [-0.1, -0.05) is 17.7 Å². The van der Waals surface area contributed by atoms with Crippen molar-refractivity contribution in [1.29, 1.82) is 0 Å². The van der Waals surface area contributed by atoms with Gasteiger partial charge in [-0.25, -0.2) is 9.79 Å². The van der Waals surface area contributed by atoms with E-state index in [1.54, 1.807) is 23.4 Å². The van der Waals surface area contributed by atoms with E-state index in [4.69, 9.17) is 20.2 Å². The van der Waals surface area contributed by atoms with Crippen LogP contribution in [0.25, 0.3) is 11.3 Å². The Bertz CT molecular complexity index is 1290. The maximum Gasteiger partial charge on any atom is 0.330 e. The van der Waals surface area contributed by atoms with Crippen LogP contribution in [0.3, 0.4) is 0 Å².